The minimum atomic E-state index is -0.771. The second-order valence-electron chi connectivity index (χ2n) is 6.79. The molecule has 0 bridgehead atoms. The summed E-state index contributed by atoms with van der Waals surface area (Å²) in [6, 6.07) is 0.232. The number of hydrogen-bond acceptors (Lipinski definition) is 3. The Balaban J connectivity index is 2.03. The largest absolute Gasteiger partial charge is 0.481 e. The molecule has 2 saturated heterocycles. The summed E-state index contributed by atoms with van der Waals surface area (Å²) in [5.41, 5.74) is -0.765. The van der Waals surface area contributed by atoms with Crippen molar-refractivity contribution in [3.8, 4) is 0 Å². The Morgan fingerprint density at radius 1 is 1.30 bits per heavy atom. The minimum absolute atomic E-state index is 0.0439. The fraction of sp³-hybridized carbons (Fsp3) is 0.867. The summed E-state index contributed by atoms with van der Waals surface area (Å²) in [6.07, 6.45) is 2.69. The molecule has 0 aromatic rings. The first-order valence-electron chi connectivity index (χ1n) is 7.59. The normalized spacial score (nSPS) is 31.4. The molecule has 0 saturated carbocycles. The first-order valence-corrected chi connectivity index (χ1v) is 7.59. The molecule has 3 unspecified atom stereocenters. The van der Waals surface area contributed by atoms with Crippen molar-refractivity contribution in [3.63, 3.8) is 0 Å². The lowest BCUT2D eigenvalue weighted by Crippen LogP contribution is -2.49. The average Bonchev–Trinajstić information content (AvgIpc) is 2.84. The number of rotatable bonds is 3. The van der Waals surface area contributed by atoms with E-state index >= 15 is 0 Å². The van der Waals surface area contributed by atoms with Crippen LogP contribution in [0.4, 0.5) is 0 Å². The maximum Gasteiger partial charge on any atom is 0.309 e. The van der Waals surface area contributed by atoms with E-state index in [1.54, 1.807) is 13.8 Å². The topological polar surface area (TPSA) is 69.6 Å². The van der Waals surface area contributed by atoms with Crippen LogP contribution in [0, 0.1) is 17.3 Å². The predicted molar refractivity (Wildman–Crippen MR) is 76.3 cm³/mol. The molecule has 0 aromatic heterocycles. The molecule has 2 aliphatic rings. The molecule has 1 amide bonds. The quantitative estimate of drug-likeness (QED) is 0.819. The highest BCUT2D eigenvalue weighted by molar-refractivity contribution is 5.80. The van der Waals surface area contributed by atoms with Crippen molar-refractivity contribution in [1.29, 1.82) is 0 Å². The van der Waals surface area contributed by atoms with Gasteiger partial charge in [-0.05, 0) is 52.5 Å². The van der Waals surface area contributed by atoms with Crippen LogP contribution in [0.2, 0.25) is 0 Å². The van der Waals surface area contributed by atoms with Gasteiger partial charge in [-0.3, -0.25) is 9.59 Å². The second-order valence-corrected chi connectivity index (χ2v) is 6.79. The van der Waals surface area contributed by atoms with Gasteiger partial charge in [-0.25, -0.2) is 0 Å². The molecule has 2 aliphatic heterocycles. The van der Waals surface area contributed by atoms with Crippen LogP contribution in [0.5, 0.6) is 0 Å². The third kappa shape index (κ3) is 2.82. The van der Waals surface area contributed by atoms with Gasteiger partial charge in [0.25, 0.3) is 0 Å². The van der Waals surface area contributed by atoms with Crippen LogP contribution in [0.15, 0.2) is 0 Å². The summed E-state index contributed by atoms with van der Waals surface area (Å²) >= 11 is 0. The lowest BCUT2D eigenvalue weighted by molar-refractivity contribution is -0.153. The zero-order valence-electron chi connectivity index (χ0n) is 12.7. The van der Waals surface area contributed by atoms with E-state index in [0.717, 1.165) is 32.4 Å². The van der Waals surface area contributed by atoms with Gasteiger partial charge in [0, 0.05) is 19.1 Å². The van der Waals surface area contributed by atoms with Gasteiger partial charge in [0.05, 0.1) is 11.3 Å². The second kappa shape index (κ2) is 5.72. The molecule has 2 rings (SSSR count). The van der Waals surface area contributed by atoms with Crippen LogP contribution in [0.3, 0.4) is 0 Å². The van der Waals surface area contributed by atoms with E-state index in [2.05, 4.69) is 12.2 Å². The molecule has 2 fully saturated rings. The number of carboxylic acids is 1. The Kier molecular flexibility index (Phi) is 4.37. The molecule has 0 spiro atoms. The zero-order valence-corrected chi connectivity index (χ0v) is 12.7. The molecule has 5 nitrogen and oxygen atoms in total. The summed E-state index contributed by atoms with van der Waals surface area (Å²) in [5, 5.41) is 12.7. The summed E-state index contributed by atoms with van der Waals surface area (Å²) in [5.74, 6) is -0.467. The van der Waals surface area contributed by atoms with Crippen LogP contribution in [0.25, 0.3) is 0 Å². The summed E-state index contributed by atoms with van der Waals surface area (Å²) in [6.45, 7) is 7.85. The third-order valence-electron chi connectivity index (χ3n) is 5.15. The minimum Gasteiger partial charge on any atom is -0.481 e. The highest BCUT2D eigenvalue weighted by Gasteiger charge is 2.41. The van der Waals surface area contributed by atoms with Crippen LogP contribution in [-0.4, -0.2) is 47.6 Å². The van der Waals surface area contributed by atoms with Crippen molar-refractivity contribution < 1.29 is 14.7 Å². The molecule has 5 heteroatoms. The van der Waals surface area contributed by atoms with Crippen molar-refractivity contribution in [2.75, 3.05) is 19.6 Å². The Morgan fingerprint density at radius 3 is 2.55 bits per heavy atom. The number of carbonyl (C=O) groups is 2. The number of nitrogens with zero attached hydrogens (tertiary/aromatic N) is 1. The molecular weight excluding hydrogens is 256 g/mol. The lowest BCUT2D eigenvalue weighted by atomic mass is 9.74. The molecule has 0 aromatic carbocycles. The van der Waals surface area contributed by atoms with E-state index in [0.29, 0.717) is 6.54 Å². The summed E-state index contributed by atoms with van der Waals surface area (Å²) in [7, 11) is 0. The Morgan fingerprint density at radius 2 is 2.00 bits per heavy atom. The molecule has 114 valence electrons. The number of nitrogens with one attached hydrogen (secondary N) is 1. The average molecular weight is 282 g/mol. The number of aliphatic carboxylic acids is 1. The number of carbonyl (C=O) groups excluding carboxylic acids is 1. The monoisotopic (exact) mass is 282 g/mol. The number of hydrogen-bond donors (Lipinski definition) is 2. The van der Waals surface area contributed by atoms with E-state index in [1.165, 1.54) is 0 Å². The summed E-state index contributed by atoms with van der Waals surface area (Å²) in [4.78, 5) is 25.9. The van der Waals surface area contributed by atoms with E-state index in [9.17, 15) is 14.7 Å². The maximum atomic E-state index is 12.6. The highest BCUT2D eigenvalue weighted by atomic mass is 16.4. The van der Waals surface area contributed by atoms with E-state index in [1.807, 2.05) is 4.90 Å². The van der Waals surface area contributed by atoms with Gasteiger partial charge in [0.2, 0.25) is 5.91 Å². The van der Waals surface area contributed by atoms with Crippen molar-refractivity contribution in [2.24, 2.45) is 17.3 Å². The fourth-order valence-electron chi connectivity index (χ4n) is 3.37. The molecule has 2 heterocycles. The van der Waals surface area contributed by atoms with E-state index < -0.39 is 11.4 Å². The Bertz CT molecular complexity index is 395. The van der Waals surface area contributed by atoms with Crippen molar-refractivity contribution >= 4 is 11.9 Å². The van der Waals surface area contributed by atoms with Gasteiger partial charge in [0.15, 0.2) is 0 Å². The molecular formula is C15H26N2O3. The van der Waals surface area contributed by atoms with Gasteiger partial charge in [0.1, 0.15) is 0 Å². The van der Waals surface area contributed by atoms with E-state index in [-0.39, 0.29) is 23.8 Å². The van der Waals surface area contributed by atoms with Gasteiger partial charge in [-0.1, -0.05) is 0 Å². The number of likely N-dealkylation sites (tertiary alicyclic amines) is 1. The van der Waals surface area contributed by atoms with Crippen LogP contribution in [0.1, 0.15) is 40.0 Å². The van der Waals surface area contributed by atoms with Crippen molar-refractivity contribution in [2.45, 2.75) is 46.1 Å². The van der Waals surface area contributed by atoms with Crippen LogP contribution >= 0.6 is 0 Å². The number of piperidine rings is 1. The number of carboxylic acid groups (broad SMARTS) is 1. The van der Waals surface area contributed by atoms with Crippen LogP contribution in [-0.2, 0) is 9.59 Å². The standard InChI is InChI=1S/C15H26N2O3/c1-10-12(6-7-16-10)13(18)17-8-4-5-11(9-17)15(2,3)14(19)20/h10-12,16H,4-9H2,1-3H3,(H,19,20). The lowest BCUT2D eigenvalue weighted by Gasteiger charge is -2.40. The smallest absolute Gasteiger partial charge is 0.309 e. The van der Waals surface area contributed by atoms with Gasteiger partial charge >= 0.3 is 5.97 Å². The molecule has 3 atom stereocenters. The zero-order chi connectivity index (χ0) is 14.9. The molecule has 0 radical (unpaired) electrons. The Hall–Kier alpha value is -1.10. The van der Waals surface area contributed by atoms with Gasteiger partial charge in [-0.2, -0.15) is 0 Å². The number of amides is 1. The third-order valence-corrected chi connectivity index (χ3v) is 5.15. The van der Waals surface area contributed by atoms with Gasteiger partial charge in [-0.15, -0.1) is 0 Å². The first-order chi connectivity index (χ1) is 9.34. The predicted octanol–water partition coefficient (Wildman–Crippen LogP) is 1.33. The van der Waals surface area contributed by atoms with Gasteiger partial charge < -0.3 is 15.3 Å². The van der Waals surface area contributed by atoms with E-state index in [4.69, 9.17) is 0 Å². The Labute approximate surface area is 120 Å². The molecule has 2 N–H and O–H groups in total. The van der Waals surface area contributed by atoms with Crippen molar-refractivity contribution in [1.82, 2.24) is 10.2 Å². The SMILES string of the molecule is CC1NCCC1C(=O)N1CCCC(C(C)(C)C(=O)O)C1. The molecule has 20 heavy (non-hydrogen) atoms. The maximum absolute atomic E-state index is 12.6. The summed E-state index contributed by atoms with van der Waals surface area (Å²) < 4.78 is 0. The first kappa shape index (κ1) is 15.3. The fourth-order valence-corrected chi connectivity index (χ4v) is 3.37. The van der Waals surface area contributed by atoms with Crippen molar-refractivity contribution in [3.05, 3.63) is 0 Å². The molecule has 0 aliphatic carbocycles. The highest BCUT2D eigenvalue weighted by Crippen LogP contribution is 2.35. The van der Waals surface area contributed by atoms with Crippen LogP contribution < -0.4 is 5.32 Å².